The molecule has 2 rings (SSSR count). The molecule has 1 N–H and O–H groups in total. The van der Waals surface area contributed by atoms with Gasteiger partial charge >= 0.3 is 0 Å². The average Bonchev–Trinajstić information content (AvgIpc) is 2.86. The Morgan fingerprint density at radius 2 is 2.15 bits per heavy atom. The fourth-order valence-corrected chi connectivity index (χ4v) is 2.19. The lowest BCUT2D eigenvalue weighted by Gasteiger charge is -2.18. The zero-order valence-corrected chi connectivity index (χ0v) is 12.1. The highest BCUT2D eigenvalue weighted by Crippen LogP contribution is 2.28. The second-order valence-electron chi connectivity index (χ2n) is 4.75. The Hall–Kier alpha value is -1.81. The van der Waals surface area contributed by atoms with Gasteiger partial charge in [0, 0.05) is 0 Å². The number of ether oxygens (including phenoxy) is 1. The predicted molar refractivity (Wildman–Crippen MR) is 76.5 cm³/mol. The average molecular weight is 277 g/mol. The molecular formula is C16H20FNO2. The van der Waals surface area contributed by atoms with Gasteiger partial charge in [-0.15, -0.1) is 0 Å². The molecule has 1 unspecified atom stereocenters. The first kappa shape index (κ1) is 14.6. The molecule has 20 heavy (non-hydrogen) atoms. The standard InChI is InChI=1S/C16H20FNO2/c1-4-8-18-15(16-11(2)7-9-20-16)12-5-6-14(19-3)13(17)10-12/h5-7,9-10,15,18H,4,8H2,1-3H3. The first-order valence-electron chi connectivity index (χ1n) is 6.78. The normalized spacial score (nSPS) is 12.4. The number of aryl methyl sites for hydroxylation is 1. The smallest absolute Gasteiger partial charge is 0.165 e. The van der Waals surface area contributed by atoms with E-state index < -0.39 is 0 Å². The van der Waals surface area contributed by atoms with Crippen molar-refractivity contribution in [1.82, 2.24) is 5.32 Å². The largest absolute Gasteiger partial charge is 0.494 e. The van der Waals surface area contributed by atoms with E-state index >= 15 is 0 Å². The van der Waals surface area contributed by atoms with Crippen LogP contribution in [0.4, 0.5) is 4.39 Å². The Balaban J connectivity index is 2.36. The topological polar surface area (TPSA) is 34.4 Å². The van der Waals surface area contributed by atoms with Crippen LogP contribution in [-0.2, 0) is 0 Å². The van der Waals surface area contributed by atoms with Crippen molar-refractivity contribution in [3.8, 4) is 5.75 Å². The molecule has 0 saturated heterocycles. The van der Waals surface area contributed by atoms with E-state index in [1.165, 1.54) is 13.2 Å². The molecule has 3 nitrogen and oxygen atoms in total. The van der Waals surface area contributed by atoms with E-state index in [1.807, 2.05) is 19.1 Å². The number of hydrogen-bond acceptors (Lipinski definition) is 3. The number of furan rings is 1. The molecule has 0 saturated carbocycles. The monoisotopic (exact) mass is 277 g/mol. The fraction of sp³-hybridized carbons (Fsp3) is 0.375. The number of methoxy groups -OCH3 is 1. The summed E-state index contributed by atoms with van der Waals surface area (Å²) in [5, 5.41) is 3.39. The first-order valence-corrected chi connectivity index (χ1v) is 6.78. The highest BCUT2D eigenvalue weighted by Gasteiger charge is 2.20. The summed E-state index contributed by atoms with van der Waals surface area (Å²) < 4.78 is 24.4. The summed E-state index contributed by atoms with van der Waals surface area (Å²) in [4.78, 5) is 0. The van der Waals surface area contributed by atoms with Gasteiger partial charge in [0.05, 0.1) is 19.4 Å². The van der Waals surface area contributed by atoms with Crippen molar-refractivity contribution >= 4 is 0 Å². The Morgan fingerprint density at radius 1 is 1.35 bits per heavy atom. The molecule has 0 aliphatic carbocycles. The minimum Gasteiger partial charge on any atom is -0.494 e. The van der Waals surface area contributed by atoms with Crippen LogP contribution in [0, 0.1) is 12.7 Å². The first-order chi connectivity index (χ1) is 9.67. The Bertz CT molecular complexity index is 565. The molecule has 0 bridgehead atoms. The maximum absolute atomic E-state index is 13.9. The number of halogens is 1. The molecule has 2 aromatic rings. The minimum atomic E-state index is -0.363. The quantitative estimate of drug-likeness (QED) is 0.871. The third-order valence-corrected chi connectivity index (χ3v) is 3.27. The van der Waals surface area contributed by atoms with Crippen LogP contribution >= 0.6 is 0 Å². The Labute approximate surface area is 118 Å². The molecule has 0 radical (unpaired) electrons. The van der Waals surface area contributed by atoms with Crippen LogP contribution in [0.3, 0.4) is 0 Å². The van der Waals surface area contributed by atoms with Crippen LogP contribution in [0.15, 0.2) is 34.9 Å². The van der Waals surface area contributed by atoms with E-state index in [0.29, 0.717) is 0 Å². The van der Waals surface area contributed by atoms with Gasteiger partial charge in [-0.3, -0.25) is 0 Å². The van der Waals surface area contributed by atoms with E-state index in [0.717, 1.165) is 29.9 Å². The third kappa shape index (κ3) is 3.02. The number of rotatable bonds is 6. The molecule has 0 aliphatic rings. The van der Waals surface area contributed by atoms with Crippen LogP contribution in [0.25, 0.3) is 0 Å². The fourth-order valence-electron chi connectivity index (χ4n) is 2.19. The van der Waals surface area contributed by atoms with Crippen molar-refractivity contribution in [3.05, 3.63) is 53.2 Å². The van der Waals surface area contributed by atoms with Gasteiger partial charge in [-0.25, -0.2) is 4.39 Å². The predicted octanol–water partition coefficient (Wildman–Crippen LogP) is 3.82. The molecule has 0 amide bonds. The van der Waals surface area contributed by atoms with Gasteiger partial charge in [0.1, 0.15) is 5.76 Å². The molecule has 108 valence electrons. The van der Waals surface area contributed by atoms with Crippen LogP contribution in [0.5, 0.6) is 5.75 Å². The Kier molecular flexibility index (Phi) is 4.79. The molecule has 0 spiro atoms. The molecule has 1 atom stereocenters. The van der Waals surface area contributed by atoms with Crippen molar-refractivity contribution < 1.29 is 13.5 Å². The molecular weight excluding hydrogens is 257 g/mol. The third-order valence-electron chi connectivity index (χ3n) is 3.27. The maximum atomic E-state index is 13.9. The van der Waals surface area contributed by atoms with Crippen molar-refractivity contribution in [2.75, 3.05) is 13.7 Å². The lowest BCUT2D eigenvalue weighted by molar-refractivity contribution is 0.384. The van der Waals surface area contributed by atoms with Crippen molar-refractivity contribution in [1.29, 1.82) is 0 Å². The van der Waals surface area contributed by atoms with Crippen LogP contribution in [0.1, 0.15) is 36.3 Å². The van der Waals surface area contributed by atoms with Crippen molar-refractivity contribution in [2.45, 2.75) is 26.3 Å². The summed E-state index contributed by atoms with van der Waals surface area (Å²) in [6.45, 7) is 4.91. The molecule has 1 aromatic carbocycles. The van der Waals surface area contributed by atoms with E-state index in [1.54, 1.807) is 12.3 Å². The number of hydrogen-bond donors (Lipinski definition) is 1. The lowest BCUT2D eigenvalue weighted by Crippen LogP contribution is -2.23. The minimum absolute atomic E-state index is 0.148. The van der Waals surface area contributed by atoms with E-state index in [-0.39, 0.29) is 17.6 Å². The summed E-state index contributed by atoms with van der Waals surface area (Å²) in [5.41, 5.74) is 1.88. The number of benzene rings is 1. The maximum Gasteiger partial charge on any atom is 0.165 e. The van der Waals surface area contributed by atoms with E-state index in [2.05, 4.69) is 12.2 Å². The molecule has 0 aliphatic heterocycles. The van der Waals surface area contributed by atoms with Crippen molar-refractivity contribution in [2.24, 2.45) is 0 Å². The lowest BCUT2D eigenvalue weighted by atomic mass is 10.0. The molecule has 4 heteroatoms. The highest BCUT2D eigenvalue weighted by molar-refractivity contribution is 5.36. The highest BCUT2D eigenvalue weighted by atomic mass is 19.1. The van der Waals surface area contributed by atoms with Gasteiger partial charge in [-0.05, 0) is 49.2 Å². The van der Waals surface area contributed by atoms with E-state index in [9.17, 15) is 4.39 Å². The van der Waals surface area contributed by atoms with Gasteiger partial charge in [-0.1, -0.05) is 13.0 Å². The number of nitrogens with one attached hydrogen (secondary N) is 1. The second-order valence-corrected chi connectivity index (χ2v) is 4.75. The van der Waals surface area contributed by atoms with Gasteiger partial charge in [0.15, 0.2) is 11.6 Å². The zero-order chi connectivity index (χ0) is 14.5. The molecule has 0 fully saturated rings. The summed E-state index contributed by atoms with van der Waals surface area (Å²) in [7, 11) is 1.46. The zero-order valence-electron chi connectivity index (χ0n) is 12.1. The Morgan fingerprint density at radius 3 is 2.70 bits per heavy atom. The SMILES string of the molecule is CCCNC(c1ccc(OC)c(F)c1)c1occc1C. The van der Waals surface area contributed by atoms with Gasteiger partial charge in [-0.2, -0.15) is 0 Å². The van der Waals surface area contributed by atoms with Crippen LogP contribution in [0.2, 0.25) is 0 Å². The van der Waals surface area contributed by atoms with Gasteiger partial charge in [0.25, 0.3) is 0 Å². The second kappa shape index (κ2) is 6.57. The summed E-state index contributed by atoms with van der Waals surface area (Å²) >= 11 is 0. The molecule has 1 aromatic heterocycles. The van der Waals surface area contributed by atoms with Crippen LogP contribution < -0.4 is 10.1 Å². The molecule has 1 heterocycles. The van der Waals surface area contributed by atoms with E-state index in [4.69, 9.17) is 9.15 Å². The van der Waals surface area contributed by atoms with Crippen LogP contribution in [-0.4, -0.2) is 13.7 Å². The summed E-state index contributed by atoms with van der Waals surface area (Å²) in [6, 6.07) is 6.76. The van der Waals surface area contributed by atoms with Crippen molar-refractivity contribution in [3.63, 3.8) is 0 Å². The summed E-state index contributed by atoms with van der Waals surface area (Å²) in [5.74, 6) is 0.708. The van der Waals surface area contributed by atoms with Gasteiger partial charge < -0.3 is 14.5 Å². The summed E-state index contributed by atoms with van der Waals surface area (Å²) in [6.07, 6.45) is 2.65. The van der Waals surface area contributed by atoms with Gasteiger partial charge in [0.2, 0.25) is 0 Å².